The first-order valence-corrected chi connectivity index (χ1v) is 8.74. The van der Waals surface area contributed by atoms with Gasteiger partial charge in [0.05, 0.1) is 0 Å². The molecule has 0 atom stereocenters. The van der Waals surface area contributed by atoms with E-state index in [1.807, 2.05) is 0 Å². The van der Waals surface area contributed by atoms with Gasteiger partial charge in [-0.2, -0.15) is 0 Å². The van der Waals surface area contributed by atoms with E-state index in [1.165, 1.54) is 54.5 Å². The summed E-state index contributed by atoms with van der Waals surface area (Å²) in [5.41, 5.74) is 5.31. The second-order valence-electron chi connectivity index (χ2n) is 6.55. The average molecular weight is 301 g/mol. The zero-order valence-corrected chi connectivity index (χ0v) is 13.5. The molecule has 1 heteroatoms. The van der Waals surface area contributed by atoms with Gasteiger partial charge in [-0.3, -0.25) is 0 Å². The molecular weight excluding hydrogens is 278 g/mol. The van der Waals surface area contributed by atoms with E-state index in [0.29, 0.717) is 6.04 Å². The second-order valence-corrected chi connectivity index (χ2v) is 6.55. The first kappa shape index (κ1) is 14.3. The maximum Gasteiger partial charge on any atom is 0.0489 e. The summed E-state index contributed by atoms with van der Waals surface area (Å²) >= 11 is 0. The fraction of sp³-hybridized carbons (Fsp3) is 0.273. The van der Waals surface area contributed by atoms with E-state index in [-0.39, 0.29) is 0 Å². The maximum atomic E-state index is 2.54. The Morgan fingerprint density at radius 1 is 0.652 bits per heavy atom. The van der Waals surface area contributed by atoms with Gasteiger partial charge in [0.25, 0.3) is 0 Å². The van der Waals surface area contributed by atoms with Crippen LogP contribution in [0.15, 0.2) is 72.9 Å². The number of hydrogen-bond acceptors (Lipinski definition) is 0. The smallest absolute Gasteiger partial charge is 0.0489 e. The van der Waals surface area contributed by atoms with Gasteiger partial charge in [-0.25, -0.2) is 0 Å². The molecule has 116 valence electrons. The van der Waals surface area contributed by atoms with Crippen molar-refractivity contribution in [3.05, 3.63) is 72.9 Å². The molecule has 1 aliphatic carbocycles. The molecule has 1 nitrogen and oxygen atoms in total. The van der Waals surface area contributed by atoms with E-state index in [4.69, 9.17) is 0 Å². The predicted molar refractivity (Wildman–Crippen MR) is 97.4 cm³/mol. The van der Waals surface area contributed by atoms with Crippen molar-refractivity contribution in [2.75, 3.05) is 0 Å². The van der Waals surface area contributed by atoms with E-state index < -0.39 is 0 Å². The third kappa shape index (κ3) is 2.96. The van der Waals surface area contributed by atoms with Crippen molar-refractivity contribution < 1.29 is 0 Å². The van der Waals surface area contributed by atoms with E-state index in [2.05, 4.69) is 77.5 Å². The Kier molecular flexibility index (Phi) is 4.02. The molecule has 0 bridgehead atoms. The van der Waals surface area contributed by atoms with Crippen LogP contribution in [0, 0.1) is 0 Å². The minimum atomic E-state index is 0.649. The lowest BCUT2D eigenvalue weighted by molar-refractivity contribution is 0.356. The van der Waals surface area contributed by atoms with Crippen LogP contribution < -0.4 is 0 Å². The largest absolute Gasteiger partial charge is 0.344 e. The zero-order valence-electron chi connectivity index (χ0n) is 13.5. The van der Waals surface area contributed by atoms with Crippen LogP contribution in [0.25, 0.3) is 22.4 Å². The summed E-state index contributed by atoms with van der Waals surface area (Å²) in [5, 5.41) is 0. The average Bonchev–Trinajstić information content (AvgIpc) is 3.09. The first-order chi connectivity index (χ1) is 11.4. The van der Waals surface area contributed by atoms with E-state index in [1.54, 1.807) is 0 Å². The lowest BCUT2D eigenvalue weighted by Gasteiger charge is -2.25. The van der Waals surface area contributed by atoms with Crippen molar-refractivity contribution in [3.8, 4) is 22.4 Å². The topological polar surface area (TPSA) is 4.93 Å². The van der Waals surface area contributed by atoms with Gasteiger partial charge >= 0.3 is 0 Å². The molecule has 0 spiro atoms. The molecule has 1 aromatic heterocycles. The van der Waals surface area contributed by atoms with Crippen molar-refractivity contribution >= 4 is 0 Å². The molecule has 2 aromatic carbocycles. The van der Waals surface area contributed by atoms with Gasteiger partial charge in [-0.05, 0) is 35.6 Å². The first-order valence-electron chi connectivity index (χ1n) is 8.74. The van der Waals surface area contributed by atoms with Gasteiger partial charge < -0.3 is 4.57 Å². The van der Waals surface area contributed by atoms with Crippen molar-refractivity contribution in [1.29, 1.82) is 0 Å². The van der Waals surface area contributed by atoms with Gasteiger partial charge in [0.1, 0.15) is 0 Å². The number of hydrogen-bond donors (Lipinski definition) is 0. The highest BCUT2D eigenvalue weighted by atomic mass is 15.0. The Labute approximate surface area is 138 Å². The molecule has 1 heterocycles. The zero-order chi connectivity index (χ0) is 15.5. The monoisotopic (exact) mass is 301 g/mol. The molecule has 1 aliphatic rings. The van der Waals surface area contributed by atoms with Crippen LogP contribution in [-0.2, 0) is 0 Å². The number of nitrogens with zero attached hydrogens (tertiary/aromatic N) is 1. The molecule has 4 rings (SSSR count). The van der Waals surface area contributed by atoms with Gasteiger partial charge in [0, 0.05) is 17.9 Å². The van der Waals surface area contributed by atoms with Crippen LogP contribution in [0.2, 0.25) is 0 Å². The summed E-state index contributed by atoms with van der Waals surface area (Å²) in [5.74, 6) is 0. The van der Waals surface area contributed by atoms with Crippen LogP contribution in [0.3, 0.4) is 0 Å². The number of benzene rings is 2. The Morgan fingerprint density at radius 2 is 1.26 bits per heavy atom. The minimum Gasteiger partial charge on any atom is -0.344 e. The molecule has 1 saturated carbocycles. The summed E-state index contributed by atoms with van der Waals surface area (Å²) in [7, 11) is 0. The maximum absolute atomic E-state index is 2.54. The van der Waals surface area contributed by atoms with Crippen LogP contribution in [0.5, 0.6) is 0 Å². The summed E-state index contributed by atoms with van der Waals surface area (Å²) in [6.07, 6.45) is 9.10. The predicted octanol–water partition coefficient (Wildman–Crippen LogP) is 6.33. The van der Waals surface area contributed by atoms with Crippen molar-refractivity contribution in [3.63, 3.8) is 0 Å². The lowest BCUT2D eigenvalue weighted by Crippen LogP contribution is -2.12. The highest BCUT2D eigenvalue weighted by Gasteiger charge is 2.19. The SMILES string of the molecule is c1ccc(-c2cc(-c3ccccc3)n(C3CCCCC3)c2)cc1. The van der Waals surface area contributed by atoms with Crippen molar-refractivity contribution in [2.24, 2.45) is 0 Å². The Morgan fingerprint density at radius 3 is 1.91 bits per heavy atom. The van der Waals surface area contributed by atoms with Crippen molar-refractivity contribution in [2.45, 2.75) is 38.1 Å². The second kappa shape index (κ2) is 6.45. The quantitative estimate of drug-likeness (QED) is 0.533. The molecule has 0 radical (unpaired) electrons. The van der Waals surface area contributed by atoms with E-state index in [9.17, 15) is 0 Å². The molecule has 0 unspecified atom stereocenters. The fourth-order valence-electron chi connectivity index (χ4n) is 3.77. The van der Waals surface area contributed by atoms with Crippen LogP contribution in [0.1, 0.15) is 38.1 Å². The summed E-state index contributed by atoms with van der Waals surface area (Å²) < 4.78 is 2.54. The Hall–Kier alpha value is -2.28. The highest BCUT2D eigenvalue weighted by molar-refractivity contribution is 5.72. The van der Waals surface area contributed by atoms with Crippen LogP contribution in [-0.4, -0.2) is 4.57 Å². The number of aromatic nitrogens is 1. The lowest BCUT2D eigenvalue weighted by atomic mass is 9.95. The van der Waals surface area contributed by atoms with Gasteiger partial charge in [0.2, 0.25) is 0 Å². The van der Waals surface area contributed by atoms with Crippen LogP contribution >= 0.6 is 0 Å². The summed E-state index contributed by atoms with van der Waals surface area (Å²) in [4.78, 5) is 0. The normalized spacial score (nSPS) is 15.7. The standard InChI is InChI=1S/C22H23N/c1-4-10-18(11-5-1)20-16-22(19-12-6-2-7-13-19)23(17-20)21-14-8-3-9-15-21/h1-2,4-7,10-13,16-17,21H,3,8-9,14-15H2. The molecule has 23 heavy (non-hydrogen) atoms. The molecule has 0 N–H and O–H groups in total. The molecule has 0 amide bonds. The highest BCUT2D eigenvalue weighted by Crippen LogP contribution is 2.36. The summed E-state index contributed by atoms with van der Waals surface area (Å²) in [6, 6.07) is 24.6. The molecule has 3 aromatic rings. The molecule has 1 fully saturated rings. The summed E-state index contributed by atoms with van der Waals surface area (Å²) in [6.45, 7) is 0. The fourth-order valence-corrected chi connectivity index (χ4v) is 3.77. The molecule has 0 aliphatic heterocycles. The Bertz CT molecular complexity index is 749. The number of rotatable bonds is 3. The Balaban J connectivity index is 1.80. The molecule has 0 saturated heterocycles. The van der Waals surface area contributed by atoms with Gasteiger partial charge in [0.15, 0.2) is 0 Å². The van der Waals surface area contributed by atoms with Crippen molar-refractivity contribution in [1.82, 2.24) is 4.57 Å². The van der Waals surface area contributed by atoms with Crippen LogP contribution in [0.4, 0.5) is 0 Å². The minimum absolute atomic E-state index is 0.649. The third-order valence-electron chi connectivity index (χ3n) is 4.99. The third-order valence-corrected chi connectivity index (χ3v) is 4.99. The van der Waals surface area contributed by atoms with Gasteiger partial charge in [-0.15, -0.1) is 0 Å². The van der Waals surface area contributed by atoms with E-state index >= 15 is 0 Å². The van der Waals surface area contributed by atoms with E-state index in [0.717, 1.165) is 0 Å². The molecular formula is C22H23N. The van der Waals surface area contributed by atoms with Gasteiger partial charge in [-0.1, -0.05) is 79.9 Å².